The number of ether oxygens (including phenoxy) is 2. The Labute approximate surface area is 204 Å². The predicted octanol–water partition coefficient (Wildman–Crippen LogP) is 5.73. The fourth-order valence-electron chi connectivity index (χ4n) is 2.97. The Morgan fingerprint density at radius 3 is 2.27 bits per heavy atom. The molecule has 0 saturated carbocycles. The number of aryl methyl sites for hydroxylation is 1. The molecule has 0 unspecified atom stereocenters. The van der Waals surface area contributed by atoms with Gasteiger partial charge in [0.2, 0.25) is 0 Å². The number of hydrogen-bond acceptors (Lipinski definition) is 6. The third kappa shape index (κ3) is 6.04. The highest BCUT2D eigenvalue weighted by Gasteiger charge is 2.26. The Kier molecular flexibility index (Phi) is 7.97. The lowest BCUT2D eigenvalue weighted by Gasteiger charge is -2.10. The van der Waals surface area contributed by atoms with Gasteiger partial charge in [-0.25, -0.2) is 4.79 Å². The summed E-state index contributed by atoms with van der Waals surface area (Å²) >= 11 is 12.8. The van der Waals surface area contributed by atoms with Crippen LogP contribution in [0.25, 0.3) is 0 Å². The number of thiophene rings is 1. The van der Waals surface area contributed by atoms with Crippen LogP contribution in [-0.4, -0.2) is 31.5 Å². The van der Waals surface area contributed by atoms with Crippen molar-refractivity contribution in [3.8, 4) is 5.75 Å². The van der Waals surface area contributed by atoms with Crippen molar-refractivity contribution in [1.82, 2.24) is 0 Å². The minimum atomic E-state index is -0.668. The first-order chi connectivity index (χ1) is 15.7. The number of methoxy groups -OCH3 is 1. The number of rotatable bonds is 7. The van der Waals surface area contributed by atoms with E-state index in [-0.39, 0.29) is 22.0 Å². The van der Waals surface area contributed by atoms with E-state index in [2.05, 4.69) is 10.6 Å². The second-order valence-electron chi connectivity index (χ2n) is 6.96. The second kappa shape index (κ2) is 10.7. The van der Waals surface area contributed by atoms with Gasteiger partial charge in [-0.1, -0.05) is 23.2 Å². The first-order valence-electron chi connectivity index (χ1n) is 9.67. The molecule has 3 rings (SSSR count). The number of anilines is 2. The molecular weight excluding hydrogens is 487 g/mol. The molecule has 3 aromatic rings. The number of halogens is 2. The van der Waals surface area contributed by atoms with Crippen LogP contribution in [0.1, 0.15) is 31.2 Å². The highest BCUT2D eigenvalue weighted by atomic mass is 35.5. The van der Waals surface area contributed by atoms with Crippen molar-refractivity contribution >= 4 is 63.0 Å². The first-order valence-corrected chi connectivity index (χ1v) is 11.2. The van der Waals surface area contributed by atoms with Crippen LogP contribution >= 0.6 is 34.5 Å². The maximum Gasteiger partial charge on any atom is 0.341 e. The Bertz CT molecular complexity index is 1210. The summed E-state index contributed by atoms with van der Waals surface area (Å²) in [6.45, 7) is 3.12. The number of hydrogen-bond donors (Lipinski definition) is 2. The van der Waals surface area contributed by atoms with Crippen molar-refractivity contribution < 1.29 is 23.9 Å². The van der Waals surface area contributed by atoms with E-state index in [0.29, 0.717) is 27.0 Å². The molecule has 0 bridgehead atoms. The molecule has 1 heterocycles. The van der Waals surface area contributed by atoms with Gasteiger partial charge in [-0.05, 0) is 67.4 Å². The van der Waals surface area contributed by atoms with E-state index in [1.54, 1.807) is 49.4 Å². The van der Waals surface area contributed by atoms with Crippen LogP contribution < -0.4 is 15.4 Å². The number of carbonyl (C=O) groups excluding carboxylic acids is 3. The molecule has 0 aliphatic carbocycles. The molecule has 0 atom stereocenters. The van der Waals surface area contributed by atoms with E-state index >= 15 is 0 Å². The van der Waals surface area contributed by atoms with E-state index in [4.69, 9.17) is 32.7 Å². The average molecular weight is 507 g/mol. The summed E-state index contributed by atoms with van der Waals surface area (Å²) in [7, 11) is 1.23. The zero-order valence-electron chi connectivity index (χ0n) is 18.0. The van der Waals surface area contributed by atoms with Crippen molar-refractivity contribution in [2.75, 3.05) is 24.4 Å². The Morgan fingerprint density at radius 2 is 1.64 bits per heavy atom. The van der Waals surface area contributed by atoms with Crippen molar-refractivity contribution in [2.45, 2.75) is 13.8 Å². The number of nitrogens with one attached hydrogen (secondary N) is 2. The lowest BCUT2D eigenvalue weighted by atomic mass is 10.1. The molecular formula is C23H20Cl2N2O5S. The summed E-state index contributed by atoms with van der Waals surface area (Å²) in [6.07, 6.45) is 0. The molecule has 10 heteroatoms. The Hall–Kier alpha value is -3.07. The monoisotopic (exact) mass is 506 g/mol. The van der Waals surface area contributed by atoms with Crippen LogP contribution in [0.3, 0.4) is 0 Å². The topological polar surface area (TPSA) is 93.7 Å². The molecule has 0 aliphatic rings. The molecule has 0 aliphatic heterocycles. The summed E-state index contributed by atoms with van der Waals surface area (Å²) in [5, 5.41) is 6.68. The van der Waals surface area contributed by atoms with Crippen LogP contribution in [0.15, 0.2) is 42.5 Å². The molecule has 1 aromatic heterocycles. The first kappa shape index (κ1) is 24.6. The zero-order chi connectivity index (χ0) is 24.1. The van der Waals surface area contributed by atoms with Gasteiger partial charge in [-0.2, -0.15) is 0 Å². The van der Waals surface area contributed by atoms with Crippen molar-refractivity contribution in [3.63, 3.8) is 0 Å². The molecule has 0 spiro atoms. The van der Waals surface area contributed by atoms with Gasteiger partial charge in [-0.3, -0.25) is 9.59 Å². The van der Waals surface area contributed by atoms with Crippen molar-refractivity contribution in [2.24, 2.45) is 0 Å². The predicted molar refractivity (Wildman–Crippen MR) is 130 cm³/mol. The van der Waals surface area contributed by atoms with Crippen molar-refractivity contribution in [1.29, 1.82) is 0 Å². The summed E-state index contributed by atoms with van der Waals surface area (Å²) < 4.78 is 10.4. The van der Waals surface area contributed by atoms with Crippen LogP contribution in [0, 0.1) is 13.8 Å². The number of esters is 1. The van der Waals surface area contributed by atoms with E-state index in [1.807, 2.05) is 6.92 Å². The lowest BCUT2D eigenvalue weighted by Crippen LogP contribution is -2.21. The maximum atomic E-state index is 12.8. The van der Waals surface area contributed by atoms with Crippen LogP contribution in [0.4, 0.5) is 10.7 Å². The van der Waals surface area contributed by atoms with Crippen molar-refractivity contribution in [3.05, 3.63) is 74.1 Å². The van der Waals surface area contributed by atoms with Crippen LogP contribution in [0.5, 0.6) is 5.75 Å². The van der Waals surface area contributed by atoms with E-state index in [1.165, 1.54) is 7.11 Å². The smallest absolute Gasteiger partial charge is 0.341 e. The molecule has 172 valence electrons. The molecule has 2 N–H and O–H groups in total. The second-order valence-corrected chi connectivity index (χ2v) is 8.85. The largest absolute Gasteiger partial charge is 0.483 e. The summed E-state index contributed by atoms with van der Waals surface area (Å²) in [4.78, 5) is 38.0. The SMILES string of the molecule is COC(=O)c1c(NC(=O)COc2ccc(Cl)cc2C)sc(C(=O)Nc2ccc(Cl)cc2)c1C. The molecule has 7 nitrogen and oxygen atoms in total. The zero-order valence-corrected chi connectivity index (χ0v) is 20.3. The van der Waals surface area contributed by atoms with E-state index < -0.39 is 17.8 Å². The average Bonchev–Trinajstić information content (AvgIpc) is 3.10. The fourth-order valence-corrected chi connectivity index (χ4v) is 4.43. The molecule has 0 radical (unpaired) electrons. The highest BCUT2D eigenvalue weighted by Crippen LogP contribution is 2.34. The van der Waals surface area contributed by atoms with Gasteiger partial charge in [0.1, 0.15) is 10.8 Å². The van der Waals surface area contributed by atoms with Gasteiger partial charge in [0, 0.05) is 15.7 Å². The summed E-state index contributed by atoms with van der Waals surface area (Å²) in [5.41, 5.74) is 1.82. The van der Waals surface area contributed by atoms with Gasteiger partial charge < -0.3 is 20.1 Å². The lowest BCUT2D eigenvalue weighted by molar-refractivity contribution is -0.118. The van der Waals surface area contributed by atoms with Gasteiger partial charge in [0.05, 0.1) is 17.6 Å². The molecule has 2 aromatic carbocycles. The maximum absolute atomic E-state index is 12.8. The Morgan fingerprint density at radius 1 is 0.970 bits per heavy atom. The van der Waals surface area contributed by atoms with Gasteiger partial charge in [0.25, 0.3) is 11.8 Å². The fraction of sp³-hybridized carbons (Fsp3) is 0.174. The third-order valence-corrected chi connectivity index (χ3v) is 6.29. The van der Waals surface area contributed by atoms with Gasteiger partial charge in [0.15, 0.2) is 6.61 Å². The molecule has 0 saturated heterocycles. The van der Waals surface area contributed by atoms with E-state index in [9.17, 15) is 14.4 Å². The number of amides is 2. The van der Waals surface area contributed by atoms with Gasteiger partial charge in [-0.15, -0.1) is 11.3 Å². The van der Waals surface area contributed by atoms with Gasteiger partial charge >= 0.3 is 5.97 Å². The quantitative estimate of drug-likeness (QED) is 0.399. The highest BCUT2D eigenvalue weighted by molar-refractivity contribution is 7.19. The minimum absolute atomic E-state index is 0.111. The van der Waals surface area contributed by atoms with Crippen LogP contribution in [0.2, 0.25) is 10.0 Å². The normalized spacial score (nSPS) is 10.5. The molecule has 33 heavy (non-hydrogen) atoms. The summed E-state index contributed by atoms with van der Waals surface area (Å²) in [5.74, 6) is -1.09. The molecule has 0 fully saturated rings. The standard InChI is InChI=1S/C23H20Cl2N2O5S/c1-12-10-15(25)6-9-17(12)32-11-18(28)27-22-19(23(30)31-3)13(2)20(33-22)21(29)26-16-7-4-14(24)5-8-16/h4-10H,11H2,1-3H3,(H,26,29)(H,27,28). The Balaban J connectivity index is 1.78. The summed E-state index contributed by atoms with van der Waals surface area (Å²) in [6, 6.07) is 11.6. The van der Waals surface area contributed by atoms with Crippen LogP contribution in [-0.2, 0) is 9.53 Å². The number of carbonyl (C=O) groups is 3. The number of benzene rings is 2. The molecule has 2 amide bonds. The third-order valence-electron chi connectivity index (χ3n) is 4.59. The minimum Gasteiger partial charge on any atom is -0.483 e. The van der Waals surface area contributed by atoms with E-state index in [0.717, 1.165) is 16.9 Å².